The Kier molecular flexibility index (Phi) is 6.59. The standard InChI is InChI=1S/C16H22F3N3O2/c1-24-11-12-3-2-4-13(9-12)15(23)21-10-14(16(17,18)19)22-7-5-20-6-8-22/h2-4,9,14,20H,5-8,10-11H2,1H3,(H,21,23). The fourth-order valence-electron chi connectivity index (χ4n) is 2.71. The number of carbonyl (C=O) groups is 1. The molecule has 1 fully saturated rings. The zero-order valence-corrected chi connectivity index (χ0v) is 13.5. The lowest BCUT2D eigenvalue weighted by Crippen LogP contribution is -2.57. The number of rotatable bonds is 6. The molecule has 0 aliphatic carbocycles. The Morgan fingerprint density at radius 3 is 2.71 bits per heavy atom. The van der Waals surface area contributed by atoms with Crippen molar-refractivity contribution in [3.63, 3.8) is 0 Å². The minimum atomic E-state index is -4.39. The van der Waals surface area contributed by atoms with Crippen LogP contribution in [0.2, 0.25) is 0 Å². The fourth-order valence-corrected chi connectivity index (χ4v) is 2.71. The Morgan fingerprint density at radius 2 is 2.08 bits per heavy atom. The van der Waals surface area contributed by atoms with Gasteiger partial charge in [0, 0.05) is 45.4 Å². The van der Waals surface area contributed by atoms with Gasteiger partial charge in [-0.2, -0.15) is 13.2 Å². The normalized spacial score (nSPS) is 17.5. The summed E-state index contributed by atoms with van der Waals surface area (Å²) in [6.45, 7) is 1.52. The van der Waals surface area contributed by atoms with Gasteiger partial charge < -0.3 is 15.4 Å². The third kappa shape index (κ3) is 5.19. The summed E-state index contributed by atoms with van der Waals surface area (Å²) >= 11 is 0. The van der Waals surface area contributed by atoms with E-state index in [2.05, 4.69) is 10.6 Å². The minimum absolute atomic E-state index is 0.309. The molecule has 24 heavy (non-hydrogen) atoms. The Hall–Kier alpha value is -1.64. The lowest BCUT2D eigenvalue weighted by atomic mass is 10.1. The molecule has 2 N–H and O–H groups in total. The second kappa shape index (κ2) is 8.46. The van der Waals surface area contributed by atoms with Gasteiger partial charge >= 0.3 is 6.18 Å². The smallest absolute Gasteiger partial charge is 0.380 e. The highest BCUT2D eigenvalue weighted by Gasteiger charge is 2.43. The molecule has 0 radical (unpaired) electrons. The molecule has 0 spiro atoms. The van der Waals surface area contributed by atoms with Gasteiger partial charge in [-0.1, -0.05) is 12.1 Å². The first-order chi connectivity index (χ1) is 11.4. The molecular weight excluding hydrogens is 323 g/mol. The Labute approximate surface area is 139 Å². The summed E-state index contributed by atoms with van der Waals surface area (Å²) in [6.07, 6.45) is -4.39. The van der Waals surface area contributed by atoms with Gasteiger partial charge in [-0.3, -0.25) is 9.69 Å². The van der Waals surface area contributed by atoms with E-state index in [1.54, 1.807) is 24.3 Å². The van der Waals surface area contributed by atoms with Crippen LogP contribution in [-0.4, -0.2) is 62.9 Å². The number of amides is 1. The lowest BCUT2D eigenvalue weighted by Gasteiger charge is -2.35. The van der Waals surface area contributed by atoms with Crippen molar-refractivity contribution >= 4 is 5.91 Å². The molecule has 0 aromatic heterocycles. The number of hydrogen-bond donors (Lipinski definition) is 2. The third-order valence-electron chi connectivity index (χ3n) is 3.93. The molecule has 1 aliphatic rings. The van der Waals surface area contributed by atoms with Gasteiger partial charge in [-0.15, -0.1) is 0 Å². The molecule has 134 valence electrons. The van der Waals surface area contributed by atoms with E-state index >= 15 is 0 Å². The van der Waals surface area contributed by atoms with Crippen LogP contribution >= 0.6 is 0 Å². The quantitative estimate of drug-likeness (QED) is 0.818. The summed E-state index contributed by atoms with van der Waals surface area (Å²) in [5, 5.41) is 5.43. The molecule has 2 rings (SSSR count). The van der Waals surface area contributed by atoms with Crippen molar-refractivity contribution in [3.05, 3.63) is 35.4 Å². The zero-order valence-electron chi connectivity index (χ0n) is 13.5. The maximum atomic E-state index is 13.3. The van der Waals surface area contributed by atoms with E-state index in [1.165, 1.54) is 12.0 Å². The number of piperazine rings is 1. The van der Waals surface area contributed by atoms with Crippen LogP contribution in [0.25, 0.3) is 0 Å². The maximum absolute atomic E-state index is 13.3. The first-order valence-corrected chi connectivity index (χ1v) is 7.79. The molecule has 0 bridgehead atoms. The second-order valence-electron chi connectivity index (χ2n) is 5.69. The van der Waals surface area contributed by atoms with E-state index in [1.807, 2.05) is 0 Å². The molecule has 1 aromatic rings. The van der Waals surface area contributed by atoms with Crippen molar-refractivity contribution < 1.29 is 22.7 Å². The molecule has 1 aliphatic heterocycles. The number of nitrogens with one attached hydrogen (secondary N) is 2. The van der Waals surface area contributed by atoms with Gasteiger partial charge in [0.2, 0.25) is 0 Å². The summed E-state index contributed by atoms with van der Waals surface area (Å²) in [6, 6.07) is 4.99. The van der Waals surface area contributed by atoms with Crippen molar-refractivity contribution in [1.29, 1.82) is 0 Å². The van der Waals surface area contributed by atoms with Crippen molar-refractivity contribution in [2.45, 2.75) is 18.8 Å². The van der Waals surface area contributed by atoms with Crippen LogP contribution in [-0.2, 0) is 11.3 Å². The number of carbonyl (C=O) groups excluding carboxylic acids is 1. The van der Waals surface area contributed by atoms with E-state index in [9.17, 15) is 18.0 Å². The molecule has 5 nitrogen and oxygen atoms in total. The zero-order chi connectivity index (χ0) is 17.6. The molecule has 8 heteroatoms. The molecule has 1 atom stereocenters. The first kappa shape index (κ1) is 18.7. The van der Waals surface area contributed by atoms with Crippen LogP contribution in [0.3, 0.4) is 0 Å². The third-order valence-corrected chi connectivity index (χ3v) is 3.93. The number of halogens is 3. The molecule has 1 amide bonds. The second-order valence-corrected chi connectivity index (χ2v) is 5.69. The largest absolute Gasteiger partial charge is 0.405 e. The Morgan fingerprint density at radius 1 is 1.38 bits per heavy atom. The van der Waals surface area contributed by atoms with Gasteiger partial charge in [0.15, 0.2) is 0 Å². The van der Waals surface area contributed by atoms with Crippen LogP contribution < -0.4 is 10.6 Å². The topological polar surface area (TPSA) is 53.6 Å². The molecule has 1 aromatic carbocycles. The van der Waals surface area contributed by atoms with Gasteiger partial charge in [-0.25, -0.2) is 0 Å². The van der Waals surface area contributed by atoms with Crippen molar-refractivity contribution in [2.24, 2.45) is 0 Å². The first-order valence-electron chi connectivity index (χ1n) is 7.79. The molecule has 1 unspecified atom stereocenters. The van der Waals surface area contributed by atoms with Gasteiger partial charge in [-0.05, 0) is 17.7 Å². The minimum Gasteiger partial charge on any atom is -0.380 e. The molecule has 1 heterocycles. The lowest BCUT2D eigenvalue weighted by molar-refractivity contribution is -0.183. The highest BCUT2D eigenvalue weighted by Crippen LogP contribution is 2.24. The van der Waals surface area contributed by atoms with Crippen molar-refractivity contribution in [1.82, 2.24) is 15.5 Å². The van der Waals surface area contributed by atoms with E-state index < -0.39 is 24.7 Å². The Balaban J connectivity index is 2.00. The van der Waals surface area contributed by atoms with Crippen LogP contribution in [0.1, 0.15) is 15.9 Å². The number of benzene rings is 1. The SMILES string of the molecule is COCc1cccc(C(=O)NCC(N2CCNCC2)C(F)(F)F)c1. The number of ether oxygens (including phenoxy) is 1. The average Bonchev–Trinajstić information content (AvgIpc) is 2.55. The fraction of sp³-hybridized carbons (Fsp3) is 0.562. The monoisotopic (exact) mass is 345 g/mol. The number of alkyl halides is 3. The summed E-state index contributed by atoms with van der Waals surface area (Å²) in [5.74, 6) is -0.516. The van der Waals surface area contributed by atoms with E-state index in [4.69, 9.17) is 4.74 Å². The van der Waals surface area contributed by atoms with Crippen LogP contribution in [0, 0.1) is 0 Å². The summed E-state index contributed by atoms with van der Waals surface area (Å²) in [7, 11) is 1.54. The van der Waals surface area contributed by atoms with Crippen LogP contribution in [0.5, 0.6) is 0 Å². The Bertz CT molecular complexity index is 546. The summed E-state index contributed by atoms with van der Waals surface area (Å²) in [5.41, 5.74) is 1.12. The van der Waals surface area contributed by atoms with E-state index in [0.717, 1.165) is 5.56 Å². The summed E-state index contributed by atoms with van der Waals surface area (Å²) in [4.78, 5) is 13.5. The highest BCUT2D eigenvalue weighted by molar-refractivity contribution is 5.94. The predicted molar refractivity (Wildman–Crippen MR) is 83.8 cm³/mol. The van der Waals surface area contributed by atoms with Crippen molar-refractivity contribution in [2.75, 3.05) is 39.8 Å². The van der Waals surface area contributed by atoms with Gasteiger partial charge in [0.1, 0.15) is 6.04 Å². The van der Waals surface area contributed by atoms with Gasteiger partial charge in [0.25, 0.3) is 5.91 Å². The summed E-state index contributed by atoms with van der Waals surface area (Å²) < 4.78 is 44.9. The molecule has 0 saturated carbocycles. The van der Waals surface area contributed by atoms with Gasteiger partial charge in [0.05, 0.1) is 6.61 Å². The van der Waals surface area contributed by atoms with Crippen LogP contribution in [0.4, 0.5) is 13.2 Å². The highest BCUT2D eigenvalue weighted by atomic mass is 19.4. The van der Waals surface area contributed by atoms with Crippen molar-refractivity contribution in [3.8, 4) is 0 Å². The predicted octanol–water partition coefficient (Wildman–Crippen LogP) is 1.40. The van der Waals surface area contributed by atoms with Crippen LogP contribution in [0.15, 0.2) is 24.3 Å². The van der Waals surface area contributed by atoms with E-state index in [0.29, 0.717) is 38.3 Å². The number of nitrogens with zero attached hydrogens (tertiary/aromatic N) is 1. The molecular formula is C16H22F3N3O2. The number of hydrogen-bond acceptors (Lipinski definition) is 4. The average molecular weight is 345 g/mol. The number of methoxy groups -OCH3 is 1. The molecule has 1 saturated heterocycles. The van der Waals surface area contributed by atoms with E-state index in [-0.39, 0.29) is 0 Å². The maximum Gasteiger partial charge on any atom is 0.405 e.